The Morgan fingerprint density at radius 1 is 1.38 bits per heavy atom. The number of rotatable bonds is 8. The minimum Gasteiger partial charge on any atom is -0.348 e. The Morgan fingerprint density at radius 3 is 2.95 bits per heavy atom. The molecule has 1 amide bonds. The lowest BCUT2D eigenvalue weighted by atomic mass is 9.86. The fourth-order valence-corrected chi connectivity index (χ4v) is 3.49. The SMILES string of the molecule is O=CN(OCCCC1CCCCC1)[C@@H]1C[C@H]1c1cnc[nH]1. The number of carbonyl (C=O) groups excluding carboxylic acids is 1. The molecule has 2 atom stereocenters. The number of aromatic nitrogens is 2. The van der Waals surface area contributed by atoms with Crippen molar-refractivity contribution in [3.8, 4) is 0 Å². The molecule has 0 aliphatic heterocycles. The standard InChI is InChI=1S/C16H25N3O2/c20-12-19(16-9-14(16)15-10-17-11-18-15)21-8-4-7-13-5-2-1-3-6-13/h10-14,16H,1-9H2,(H,17,18)/t14-,16+/m0/s1. The maximum atomic E-state index is 11.2. The number of hydrogen-bond donors (Lipinski definition) is 1. The van der Waals surface area contributed by atoms with E-state index in [0.717, 1.165) is 30.9 Å². The number of hydrogen-bond acceptors (Lipinski definition) is 3. The van der Waals surface area contributed by atoms with Gasteiger partial charge >= 0.3 is 0 Å². The van der Waals surface area contributed by atoms with E-state index in [1.807, 2.05) is 6.20 Å². The van der Waals surface area contributed by atoms with Gasteiger partial charge in [-0.1, -0.05) is 32.1 Å². The van der Waals surface area contributed by atoms with Crippen molar-refractivity contribution in [2.45, 2.75) is 63.3 Å². The molecular weight excluding hydrogens is 266 g/mol. The molecule has 2 aliphatic rings. The van der Waals surface area contributed by atoms with Crippen LogP contribution in [0.3, 0.4) is 0 Å². The highest BCUT2D eigenvalue weighted by Crippen LogP contribution is 2.43. The van der Waals surface area contributed by atoms with Crippen molar-refractivity contribution in [2.24, 2.45) is 5.92 Å². The summed E-state index contributed by atoms with van der Waals surface area (Å²) in [5, 5.41) is 1.51. The largest absolute Gasteiger partial charge is 0.348 e. The Balaban J connectivity index is 1.35. The zero-order valence-corrected chi connectivity index (χ0v) is 12.5. The van der Waals surface area contributed by atoms with Gasteiger partial charge in [0.05, 0.1) is 19.0 Å². The molecular formula is C16H25N3O2. The van der Waals surface area contributed by atoms with Gasteiger partial charge in [0.1, 0.15) is 0 Å². The molecule has 3 rings (SSSR count). The zero-order chi connectivity index (χ0) is 14.5. The van der Waals surface area contributed by atoms with Crippen LogP contribution in [-0.4, -0.2) is 34.1 Å². The Labute approximate surface area is 126 Å². The molecule has 0 radical (unpaired) electrons. The van der Waals surface area contributed by atoms with Crippen molar-refractivity contribution in [1.82, 2.24) is 15.0 Å². The van der Waals surface area contributed by atoms with Gasteiger partial charge in [-0.3, -0.25) is 9.63 Å². The minimum absolute atomic E-state index is 0.178. The monoisotopic (exact) mass is 291 g/mol. The van der Waals surface area contributed by atoms with E-state index in [1.54, 1.807) is 6.33 Å². The van der Waals surface area contributed by atoms with E-state index in [9.17, 15) is 4.79 Å². The summed E-state index contributed by atoms with van der Waals surface area (Å²) in [4.78, 5) is 24.0. The van der Waals surface area contributed by atoms with Gasteiger partial charge in [0.15, 0.2) is 0 Å². The molecule has 2 saturated carbocycles. The van der Waals surface area contributed by atoms with Crippen LogP contribution in [0, 0.1) is 5.92 Å². The highest BCUT2D eigenvalue weighted by Gasteiger charge is 2.44. The Morgan fingerprint density at radius 2 is 2.24 bits per heavy atom. The summed E-state index contributed by atoms with van der Waals surface area (Å²) >= 11 is 0. The first-order valence-electron chi connectivity index (χ1n) is 8.23. The number of carbonyl (C=O) groups is 1. The quantitative estimate of drug-likeness (QED) is 0.455. The van der Waals surface area contributed by atoms with Gasteiger partial charge in [0, 0.05) is 17.8 Å². The van der Waals surface area contributed by atoms with Gasteiger partial charge < -0.3 is 4.98 Å². The molecule has 1 heterocycles. The molecule has 1 N–H and O–H groups in total. The number of imidazole rings is 1. The molecule has 2 aliphatic carbocycles. The van der Waals surface area contributed by atoms with Crippen LogP contribution < -0.4 is 0 Å². The number of nitrogens with zero attached hydrogens (tertiary/aromatic N) is 2. The molecule has 0 aromatic carbocycles. The molecule has 0 spiro atoms. The Bertz CT molecular complexity index is 429. The average Bonchev–Trinajstić information content (AvgIpc) is 3.12. The lowest BCUT2D eigenvalue weighted by Gasteiger charge is -2.22. The van der Waals surface area contributed by atoms with Crippen LogP contribution in [0.2, 0.25) is 0 Å². The Hall–Kier alpha value is -1.36. The molecule has 0 saturated heterocycles. The predicted octanol–water partition coefficient (Wildman–Crippen LogP) is 3.02. The normalized spacial score (nSPS) is 25.7. The molecule has 0 unspecified atom stereocenters. The third-order valence-electron chi connectivity index (χ3n) is 4.83. The lowest BCUT2D eigenvalue weighted by molar-refractivity contribution is -0.177. The number of H-pyrrole nitrogens is 1. The zero-order valence-electron chi connectivity index (χ0n) is 12.5. The molecule has 5 heteroatoms. The van der Waals surface area contributed by atoms with Crippen molar-refractivity contribution >= 4 is 6.41 Å². The van der Waals surface area contributed by atoms with E-state index < -0.39 is 0 Å². The first-order chi connectivity index (χ1) is 10.4. The molecule has 0 bridgehead atoms. The van der Waals surface area contributed by atoms with Gasteiger partial charge in [0.25, 0.3) is 0 Å². The van der Waals surface area contributed by atoms with E-state index in [2.05, 4.69) is 9.97 Å². The van der Waals surface area contributed by atoms with E-state index in [0.29, 0.717) is 12.5 Å². The van der Waals surface area contributed by atoms with Crippen molar-refractivity contribution in [1.29, 1.82) is 0 Å². The van der Waals surface area contributed by atoms with Gasteiger partial charge in [0.2, 0.25) is 6.41 Å². The summed E-state index contributed by atoms with van der Waals surface area (Å²) in [5.41, 5.74) is 1.10. The van der Waals surface area contributed by atoms with Crippen molar-refractivity contribution in [2.75, 3.05) is 6.61 Å². The number of aromatic amines is 1. The Kier molecular flexibility index (Phi) is 4.91. The maximum absolute atomic E-state index is 11.2. The van der Waals surface area contributed by atoms with Crippen molar-refractivity contribution < 1.29 is 9.63 Å². The molecule has 1 aromatic rings. The summed E-state index contributed by atoms with van der Waals surface area (Å²) in [6.45, 7) is 0.654. The second-order valence-corrected chi connectivity index (χ2v) is 6.36. The third-order valence-corrected chi connectivity index (χ3v) is 4.83. The average molecular weight is 291 g/mol. The highest BCUT2D eigenvalue weighted by atomic mass is 16.7. The maximum Gasteiger partial charge on any atom is 0.233 e. The van der Waals surface area contributed by atoms with E-state index >= 15 is 0 Å². The van der Waals surface area contributed by atoms with Gasteiger partial charge in [-0.25, -0.2) is 10.0 Å². The summed E-state index contributed by atoms with van der Waals surface area (Å²) < 4.78 is 0. The second kappa shape index (κ2) is 7.07. The van der Waals surface area contributed by atoms with Crippen LogP contribution in [-0.2, 0) is 9.63 Å². The summed E-state index contributed by atoms with van der Waals surface area (Å²) in [5.74, 6) is 1.24. The molecule has 5 nitrogen and oxygen atoms in total. The van der Waals surface area contributed by atoms with Crippen LogP contribution in [0.4, 0.5) is 0 Å². The first-order valence-corrected chi connectivity index (χ1v) is 8.23. The summed E-state index contributed by atoms with van der Waals surface area (Å²) in [6.07, 6.45) is 14.5. The molecule has 21 heavy (non-hydrogen) atoms. The van der Waals surface area contributed by atoms with Crippen LogP contribution in [0.25, 0.3) is 0 Å². The minimum atomic E-state index is 0.178. The topological polar surface area (TPSA) is 58.2 Å². The van der Waals surface area contributed by atoms with Crippen LogP contribution >= 0.6 is 0 Å². The number of nitrogens with one attached hydrogen (secondary N) is 1. The van der Waals surface area contributed by atoms with Gasteiger partial charge in [-0.15, -0.1) is 0 Å². The fraction of sp³-hybridized carbons (Fsp3) is 0.750. The van der Waals surface area contributed by atoms with Crippen molar-refractivity contribution in [3.05, 3.63) is 18.2 Å². The van der Waals surface area contributed by atoms with Gasteiger partial charge in [-0.2, -0.15) is 0 Å². The fourth-order valence-electron chi connectivity index (χ4n) is 3.49. The number of hydroxylamine groups is 2. The van der Waals surface area contributed by atoms with Crippen LogP contribution in [0.15, 0.2) is 12.5 Å². The van der Waals surface area contributed by atoms with E-state index in [4.69, 9.17) is 4.84 Å². The third kappa shape index (κ3) is 3.84. The molecule has 2 fully saturated rings. The second-order valence-electron chi connectivity index (χ2n) is 6.36. The molecule has 1 aromatic heterocycles. The first kappa shape index (κ1) is 14.6. The number of amides is 1. The summed E-state index contributed by atoms with van der Waals surface area (Å²) in [6, 6.07) is 0.178. The lowest BCUT2D eigenvalue weighted by Crippen LogP contribution is -2.26. The summed E-state index contributed by atoms with van der Waals surface area (Å²) in [7, 11) is 0. The smallest absolute Gasteiger partial charge is 0.233 e. The highest BCUT2D eigenvalue weighted by molar-refractivity contribution is 5.47. The van der Waals surface area contributed by atoms with Crippen molar-refractivity contribution in [3.63, 3.8) is 0 Å². The van der Waals surface area contributed by atoms with E-state index in [1.165, 1.54) is 43.6 Å². The van der Waals surface area contributed by atoms with Gasteiger partial charge in [-0.05, 0) is 25.2 Å². The van der Waals surface area contributed by atoms with Crippen LogP contribution in [0.5, 0.6) is 0 Å². The molecule has 116 valence electrons. The van der Waals surface area contributed by atoms with Crippen LogP contribution in [0.1, 0.15) is 63.0 Å². The predicted molar refractivity (Wildman–Crippen MR) is 79.4 cm³/mol. The van der Waals surface area contributed by atoms with E-state index in [-0.39, 0.29) is 6.04 Å².